The van der Waals surface area contributed by atoms with Crippen molar-refractivity contribution in [2.75, 3.05) is 13.4 Å². The lowest BCUT2D eigenvalue weighted by Crippen LogP contribution is -2.06. The Kier molecular flexibility index (Phi) is 5.27. The molecule has 1 aromatic carbocycles. The molecule has 20 heavy (non-hydrogen) atoms. The van der Waals surface area contributed by atoms with E-state index in [2.05, 4.69) is 13.8 Å². The summed E-state index contributed by atoms with van der Waals surface area (Å²) in [6, 6.07) is 5.11. The molecule has 0 saturated carbocycles. The molecular weight excluding hydrogens is 256 g/mol. The van der Waals surface area contributed by atoms with E-state index >= 15 is 0 Å². The highest BCUT2D eigenvalue weighted by Gasteiger charge is 2.16. The summed E-state index contributed by atoms with van der Waals surface area (Å²) in [5.41, 5.74) is 0.511. The van der Waals surface area contributed by atoms with Gasteiger partial charge in [0.1, 0.15) is 0 Å². The molecule has 0 saturated heterocycles. The van der Waals surface area contributed by atoms with Crippen LogP contribution in [0.15, 0.2) is 18.2 Å². The SMILES string of the molecule is CC(C)CCCCCOC(=O)c1ccc2c(c1)OCO2. The Morgan fingerprint density at radius 1 is 1.20 bits per heavy atom. The van der Waals surface area contributed by atoms with E-state index in [1.54, 1.807) is 18.2 Å². The van der Waals surface area contributed by atoms with Crippen LogP contribution in [-0.2, 0) is 4.74 Å². The number of unbranched alkanes of at least 4 members (excludes halogenated alkanes) is 2. The smallest absolute Gasteiger partial charge is 0.338 e. The van der Waals surface area contributed by atoms with Crippen molar-refractivity contribution in [3.63, 3.8) is 0 Å². The van der Waals surface area contributed by atoms with Crippen LogP contribution in [0.3, 0.4) is 0 Å². The van der Waals surface area contributed by atoms with E-state index in [1.165, 1.54) is 12.8 Å². The molecule has 1 aliphatic rings. The van der Waals surface area contributed by atoms with Gasteiger partial charge >= 0.3 is 5.97 Å². The van der Waals surface area contributed by atoms with Crippen molar-refractivity contribution in [1.29, 1.82) is 0 Å². The van der Waals surface area contributed by atoms with E-state index in [1.807, 2.05) is 0 Å². The van der Waals surface area contributed by atoms with Crippen molar-refractivity contribution < 1.29 is 19.0 Å². The van der Waals surface area contributed by atoms with Gasteiger partial charge < -0.3 is 14.2 Å². The molecule has 0 aliphatic carbocycles. The molecular formula is C16H22O4. The van der Waals surface area contributed by atoms with Gasteiger partial charge in [0.05, 0.1) is 12.2 Å². The molecule has 110 valence electrons. The highest BCUT2D eigenvalue weighted by atomic mass is 16.7. The van der Waals surface area contributed by atoms with Crippen molar-refractivity contribution in [2.24, 2.45) is 5.92 Å². The molecule has 1 aliphatic heterocycles. The van der Waals surface area contributed by atoms with Gasteiger partial charge in [-0.2, -0.15) is 0 Å². The summed E-state index contributed by atoms with van der Waals surface area (Å²) in [5, 5.41) is 0. The molecule has 0 fully saturated rings. The van der Waals surface area contributed by atoms with Gasteiger partial charge in [-0.1, -0.05) is 33.1 Å². The first-order valence-electron chi connectivity index (χ1n) is 7.23. The lowest BCUT2D eigenvalue weighted by atomic mass is 10.1. The third-order valence-corrected chi connectivity index (χ3v) is 3.27. The first kappa shape index (κ1) is 14.7. The van der Waals surface area contributed by atoms with Crippen LogP contribution in [0.1, 0.15) is 49.9 Å². The molecule has 0 amide bonds. The van der Waals surface area contributed by atoms with Gasteiger partial charge in [-0.15, -0.1) is 0 Å². The number of esters is 1. The van der Waals surface area contributed by atoms with Gasteiger partial charge in [-0.3, -0.25) is 0 Å². The number of rotatable bonds is 7. The molecule has 4 nitrogen and oxygen atoms in total. The van der Waals surface area contributed by atoms with Crippen LogP contribution in [-0.4, -0.2) is 19.4 Å². The fourth-order valence-electron chi connectivity index (χ4n) is 2.10. The first-order chi connectivity index (χ1) is 9.66. The van der Waals surface area contributed by atoms with E-state index < -0.39 is 0 Å². The Bertz CT molecular complexity index is 454. The summed E-state index contributed by atoms with van der Waals surface area (Å²) in [5.74, 6) is 1.73. The van der Waals surface area contributed by atoms with E-state index in [-0.39, 0.29) is 12.8 Å². The zero-order valence-corrected chi connectivity index (χ0v) is 12.2. The minimum absolute atomic E-state index is 0.212. The molecule has 0 unspecified atom stereocenters. The molecule has 0 bridgehead atoms. The monoisotopic (exact) mass is 278 g/mol. The minimum atomic E-state index is -0.299. The molecule has 0 aromatic heterocycles. The molecule has 1 aromatic rings. The highest BCUT2D eigenvalue weighted by molar-refractivity contribution is 5.90. The van der Waals surface area contributed by atoms with Crippen LogP contribution in [0.2, 0.25) is 0 Å². The lowest BCUT2D eigenvalue weighted by molar-refractivity contribution is 0.0497. The van der Waals surface area contributed by atoms with Gasteiger partial charge in [-0.25, -0.2) is 4.79 Å². The number of ether oxygens (including phenoxy) is 3. The van der Waals surface area contributed by atoms with Gasteiger partial charge in [0.15, 0.2) is 11.5 Å². The summed E-state index contributed by atoms with van der Waals surface area (Å²) in [6.45, 7) is 5.13. The van der Waals surface area contributed by atoms with Crippen molar-refractivity contribution in [2.45, 2.75) is 39.5 Å². The highest BCUT2D eigenvalue weighted by Crippen LogP contribution is 2.32. The van der Waals surface area contributed by atoms with E-state index in [4.69, 9.17) is 14.2 Å². The molecule has 0 spiro atoms. The van der Waals surface area contributed by atoms with Gasteiger partial charge in [-0.05, 0) is 30.5 Å². The van der Waals surface area contributed by atoms with Crippen molar-refractivity contribution in [1.82, 2.24) is 0 Å². The fourth-order valence-corrected chi connectivity index (χ4v) is 2.10. The first-order valence-corrected chi connectivity index (χ1v) is 7.23. The summed E-state index contributed by atoms with van der Waals surface area (Å²) in [6.07, 6.45) is 4.45. The fraction of sp³-hybridized carbons (Fsp3) is 0.562. The normalized spacial score (nSPS) is 12.8. The zero-order chi connectivity index (χ0) is 14.4. The molecule has 2 rings (SSSR count). The predicted octanol–water partition coefficient (Wildman–Crippen LogP) is 3.79. The molecule has 1 heterocycles. The minimum Gasteiger partial charge on any atom is -0.462 e. The number of carbonyl (C=O) groups excluding carboxylic acids is 1. The third kappa shape index (κ3) is 4.15. The van der Waals surface area contributed by atoms with Gasteiger partial charge in [0, 0.05) is 0 Å². The number of fused-ring (bicyclic) bond motifs is 1. The Morgan fingerprint density at radius 2 is 2.00 bits per heavy atom. The van der Waals surface area contributed by atoms with Crippen LogP contribution in [0.5, 0.6) is 11.5 Å². The van der Waals surface area contributed by atoms with Crippen LogP contribution in [0, 0.1) is 5.92 Å². The summed E-state index contributed by atoms with van der Waals surface area (Å²) in [4.78, 5) is 11.9. The average molecular weight is 278 g/mol. The van der Waals surface area contributed by atoms with Crippen molar-refractivity contribution in [3.05, 3.63) is 23.8 Å². The zero-order valence-electron chi connectivity index (χ0n) is 12.2. The summed E-state index contributed by atoms with van der Waals surface area (Å²) >= 11 is 0. The molecule has 0 atom stereocenters. The molecule has 0 N–H and O–H groups in total. The summed E-state index contributed by atoms with van der Waals surface area (Å²) < 4.78 is 15.7. The van der Waals surface area contributed by atoms with Crippen molar-refractivity contribution >= 4 is 5.97 Å². The van der Waals surface area contributed by atoms with Gasteiger partial charge in [0.2, 0.25) is 6.79 Å². The lowest BCUT2D eigenvalue weighted by Gasteiger charge is -2.06. The number of benzene rings is 1. The van der Waals surface area contributed by atoms with Crippen LogP contribution in [0.4, 0.5) is 0 Å². The second-order valence-corrected chi connectivity index (χ2v) is 5.45. The Hall–Kier alpha value is -1.71. The second kappa shape index (κ2) is 7.17. The maximum absolute atomic E-state index is 11.9. The maximum Gasteiger partial charge on any atom is 0.338 e. The third-order valence-electron chi connectivity index (χ3n) is 3.27. The predicted molar refractivity (Wildman–Crippen MR) is 76.2 cm³/mol. The molecule has 4 heteroatoms. The Balaban J connectivity index is 1.70. The van der Waals surface area contributed by atoms with Gasteiger partial charge in [0.25, 0.3) is 0 Å². The quantitative estimate of drug-likeness (QED) is 0.562. The maximum atomic E-state index is 11.9. The number of hydrogen-bond acceptors (Lipinski definition) is 4. The largest absolute Gasteiger partial charge is 0.462 e. The Labute approximate surface area is 120 Å². The summed E-state index contributed by atoms with van der Waals surface area (Å²) in [7, 11) is 0. The van der Waals surface area contributed by atoms with E-state index in [0.717, 1.165) is 18.8 Å². The Morgan fingerprint density at radius 3 is 2.80 bits per heavy atom. The molecule has 0 radical (unpaired) electrons. The number of carbonyl (C=O) groups is 1. The average Bonchev–Trinajstić information content (AvgIpc) is 2.89. The second-order valence-electron chi connectivity index (χ2n) is 5.45. The van der Waals surface area contributed by atoms with Crippen LogP contribution in [0.25, 0.3) is 0 Å². The van der Waals surface area contributed by atoms with Crippen molar-refractivity contribution in [3.8, 4) is 11.5 Å². The topological polar surface area (TPSA) is 44.8 Å². The van der Waals surface area contributed by atoms with E-state index in [0.29, 0.717) is 23.7 Å². The number of hydrogen-bond donors (Lipinski definition) is 0. The van der Waals surface area contributed by atoms with E-state index in [9.17, 15) is 4.79 Å². The van der Waals surface area contributed by atoms with Crippen LogP contribution < -0.4 is 9.47 Å². The van der Waals surface area contributed by atoms with Crippen LogP contribution >= 0.6 is 0 Å². The standard InChI is InChI=1S/C16H22O4/c1-12(2)6-4-3-5-9-18-16(17)13-7-8-14-15(10-13)20-11-19-14/h7-8,10,12H,3-6,9,11H2,1-2H3.